The van der Waals surface area contributed by atoms with Crippen molar-refractivity contribution in [2.75, 3.05) is 46.9 Å². The number of likely N-dealkylation sites (N-methyl/N-ethyl adjacent to an activating group) is 1. The number of nitrogens with zero attached hydrogens (tertiary/aromatic N) is 2. The Balaban J connectivity index is 1.60. The molecule has 0 spiro atoms. The number of aliphatic hydroxyl groups excluding tert-OH is 1. The minimum absolute atomic E-state index is 0.500. The van der Waals surface area contributed by atoms with Crippen molar-refractivity contribution in [1.82, 2.24) is 9.80 Å². The van der Waals surface area contributed by atoms with Gasteiger partial charge in [-0.25, -0.2) is 0 Å². The highest BCUT2D eigenvalue weighted by Crippen LogP contribution is 2.33. The summed E-state index contributed by atoms with van der Waals surface area (Å²) in [6.07, 6.45) is 1.84. The molecule has 22 heavy (non-hydrogen) atoms. The van der Waals surface area contributed by atoms with Crippen molar-refractivity contribution in [3.63, 3.8) is 0 Å². The number of benzene rings is 1. The van der Waals surface area contributed by atoms with Crippen LogP contribution >= 0.6 is 0 Å². The lowest BCUT2D eigenvalue weighted by Gasteiger charge is -2.36. The molecule has 2 aliphatic heterocycles. The van der Waals surface area contributed by atoms with Gasteiger partial charge in [0, 0.05) is 12.6 Å². The van der Waals surface area contributed by atoms with Gasteiger partial charge in [-0.1, -0.05) is 6.07 Å². The standard InChI is InChI=1S/C17H26N2O3/c1-18-7-5-14(6-8-18)19(2)12-15(20)13-3-4-16-17(11-13)22-10-9-21-16/h3-4,11,14-15,20H,5-10,12H2,1-2H3. The van der Waals surface area contributed by atoms with Gasteiger partial charge in [0.05, 0.1) is 6.10 Å². The van der Waals surface area contributed by atoms with E-state index >= 15 is 0 Å². The Hall–Kier alpha value is -1.30. The Morgan fingerprint density at radius 3 is 2.64 bits per heavy atom. The van der Waals surface area contributed by atoms with Crippen LogP contribution in [0.15, 0.2) is 18.2 Å². The molecule has 0 radical (unpaired) electrons. The topological polar surface area (TPSA) is 45.2 Å². The van der Waals surface area contributed by atoms with Crippen molar-refractivity contribution >= 4 is 0 Å². The Morgan fingerprint density at radius 2 is 1.91 bits per heavy atom. The largest absolute Gasteiger partial charge is 0.486 e. The van der Waals surface area contributed by atoms with Crippen LogP contribution in [0.2, 0.25) is 0 Å². The molecule has 5 heteroatoms. The first-order valence-electron chi connectivity index (χ1n) is 8.10. The third-order valence-corrected chi connectivity index (χ3v) is 4.72. The molecule has 3 rings (SSSR count). The average Bonchev–Trinajstić information content (AvgIpc) is 2.55. The first-order chi connectivity index (χ1) is 10.6. The number of hydrogen-bond acceptors (Lipinski definition) is 5. The molecule has 1 fully saturated rings. The van der Waals surface area contributed by atoms with Crippen LogP contribution in [0.4, 0.5) is 0 Å². The molecule has 1 atom stereocenters. The normalized spacial score (nSPS) is 21.1. The van der Waals surface area contributed by atoms with Crippen LogP contribution in [0.25, 0.3) is 0 Å². The SMILES string of the molecule is CN1CCC(N(C)CC(O)c2ccc3c(c2)OCCO3)CC1. The predicted octanol–water partition coefficient (Wildman–Crippen LogP) is 1.52. The molecule has 5 nitrogen and oxygen atoms in total. The molecule has 0 saturated carbocycles. The van der Waals surface area contributed by atoms with Crippen LogP contribution in [-0.2, 0) is 0 Å². The Kier molecular flexibility index (Phi) is 4.86. The van der Waals surface area contributed by atoms with E-state index in [1.54, 1.807) is 0 Å². The van der Waals surface area contributed by atoms with Gasteiger partial charge in [-0.15, -0.1) is 0 Å². The van der Waals surface area contributed by atoms with Gasteiger partial charge >= 0.3 is 0 Å². The molecule has 0 aliphatic carbocycles. The summed E-state index contributed by atoms with van der Waals surface area (Å²) in [5.74, 6) is 1.51. The number of likely N-dealkylation sites (tertiary alicyclic amines) is 1. The van der Waals surface area contributed by atoms with Gasteiger partial charge in [-0.05, 0) is 57.7 Å². The second-order valence-corrected chi connectivity index (χ2v) is 6.39. The van der Waals surface area contributed by atoms with E-state index in [2.05, 4.69) is 23.9 Å². The summed E-state index contributed by atoms with van der Waals surface area (Å²) >= 11 is 0. The van der Waals surface area contributed by atoms with Gasteiger partial charge in [0.25, 0.3) is 0 Å². The maximum Gasteiger partial charge on any atom is 0.161 e. The Labute approximate surface area is 132 Å². The molecule has 1 aromatic carbocycles. The molecule has 2 aliphatic rings. The molecule has 0 aromatic heterocycles. The van der Waals surface area contributed by atoms with Gasteiger partial charge in [0.2, 0.25) is 0 Å². The summed E-state index contributed by atoms with van der Waals surface area (Å²) in [4.78, 5) is 4.65. The van der Waals surface area contributed by atoms with Gasteiger partial charge < -0.3 is 24.4 Å². The van der Waals surface area contributed by atoms with Crippen LogP contribution in [0.5, 0.6) is 11.5 Å². The monoisotopic (exact) mass is 306 g/mol. The third kappa shape index (κ3) is 3.54. The number of ether oxygens (including phenoxy) is 2. The van der Waals surface area contributed by atoms with Crippen molar-refractivity contribution in [2.45, 2.75) is 25.0 Å². The second kappa shape index (κ2) is 6.86. The van der Waals surface area contributed by atoms with E-state index < -0.39 is 6.10 Å². The van der Waals surface area contributed by atoms with Crippen LogP contribution in [-0.4, -0.2) is 67.9 Å². The minimum atomic E-state index is -0.500. The first-order valence-corrected chi connectivity index (χ1v) is 8.10. The highest BCUT2D eigenvalue weighted by molar-refractivity contribution is 5.44. The van der Waals surface area contributed by atoms with E-state index in [0.29, 0.717) is 25.8 Å². The Bertz CT molecular complexity index is 501. The average molecular weight is 306 g/mol. The summed E-state index contributed by atoms with van der Waals surface area (Å²) in [6, 6.07) is 6.29. The lowest BCUT2D eigenvalue weighted by Crippen LogP contribution is -2.43. The van der Waals surface area contributed by atoms with Gasteiger partial charge in [0.15, 0.2) is 11.5 Å². The fraction of sp³-hybridized carbons (Fsp3) is 0.647. The van der Waals surface area contributed by atoms with E-state index in [4.69, 9.17) is 9.47 Å². The first kappa shape index (κ1) is 15.6. The van der Waals surface area contributed by atoms with Gasteiger partial charge in [-0.3, -0.25) is 0 Å². The summed E-state index contributed by atoms with van der Waals surface area (Å²) in [5.41, 5.74) is 0.893. The quantitative estimate of drug-likeness (QED) is 0.914. The van der Waals surface area contributed by atoms with Crippen LogP contribution in [0, 0.1) is 0 Å². The molecule has 0 bridgehead atoms. The van der Waals surface area contributed by atoms with E-state index in [9.17, 15) is 5.11 Å². The number of piperidine rings is 1. The van der Waals surface area contributed by atoms with Crippen molar-refractivity contribution in [3.8, 4) is 11.5 Å². The van der Waals surface area contributed by atoms with E-state index in [-0.39, 0.29) is 0 Å². The lowest BCUT2D eigenvalue weighted by molar-refractivity contribution is 0.0784. The molecule has 2 heterocycles. The van der Waals surface area contributed by atoms with Crippen molar-refractivity contribution in [2.24, 2.45) is 0 Å². The smallest absolute Gasteiger partial charge is 0.161 e. The fourth-order valence-corrected chi connectivity index (χ4v) is 3.23. The summed E-state index contributed by atoms with van der Waals surface area (Å²) in [5, 5.41) is 10.5. The van der Waals surface area contributed by atoms with Crippen LogP contribution in [0.1, 0.15) is 24.5 Å². The van der Waals surface area contributed by atoms with E-state index in [0.717, 1.165) is 30.2 Å². The fourth-order valence-electron chi connectivity index (χ4n) is 3.23. The molecule has 1 saturated heterocycles. The molecular weight excluding hydrogens is 280 g/mol. The zero-order valence-electron chi connectivity index (χ0n) is 13.5. The highest BCUT2D eigenvalue weighted by atomic mass is 16.6. The number of fused-ring (bicyclic) bond motifs is 1. The second-order valence-electron chi connectivity index (χ2n) is 6.39. The molecule has 122 valence electrons. The zero-order chi connectivity index (χ0) is 15.5. The van der Waals surface area contributed by atoms with E-state index in [1.165, 1.54) is 12.8 Å². The predicted molar refractivity (Wildman–Crippen MR) is 85.5 cm³/mol. The molecule has 1 N–H and O–H groups in total. The molecular formula is C17H26N2O3. The minimum Gasteiger partial charge on any atom is -0.486 e. The van der Waals surface area contributed by atoms with Crippen LogP contribution < -0.4 is 9.47 Å². The molecule has 1 aromatic rings. The third-order valence-electron chi connectivity index (χ3n) is 4.72. The van der Waals surface area contributed by atoms with Gasteiger partial charge in [-0.2, -0.15) is 0 Å². The molecule has 0 amide bonds. The lowest BCUT2D eigenvalue weighted by atomic mass is 10.0. The molecule has 1 unspecified atom stereocenters. The summed E-state index contributed by atoms with van der Waals surface area (Å²) in [6.45, 7) is 4.08. The van der Waals surface area contributed by atoms with E-state index in [1.807, 2.05) is 18.2 Å². The van der Waals surface area contributed by atoms with Gasteiger partial charge in [0.1, 0.15) is 13.2 Å². The maximum atomic E-state index is 10.5. The van der Waals surface area contributed by atoms with Crippen molar-refractivity contribution in [3.05, 3.63) is 23.8 Å². The summed E-state index contributed by atoms with van der Waals surface area (Å²) < 4.78 is 11.1. The van der Waals surface area contributed by atoms with Crippen LogP contribution in [0.3, 0.4) is 0 Å². The van der Waals surface area contributed by atoms with Crippen molar-refractivity contribution < 1.29 is 14.6 Å². The maximum absolute atomic E-state index is 10.5. The highest BCUT2D eigenvalue weighted by Gasteiger charge is 2.23. The summed E-state index contributed by atoms with van der Waals surface area (Å²) in [7, 11) is 4.28. The Morgan fingerprint density at radius 1 is 1.23 bits per heavy atom. The number of rotatable bonds is 4. The number of hydrogen-bond donors (Lipinski definition) is 1. The van der Waals surface area contributed by atoms with Crippen molar-refractivity contribution in [1.29, 1.82) is 0 Å². The number of aliphatic hydroxyl groups is 1. The zero-order valence-corrected chi connectivity index (χ0v) is 13.5.